The monoisotopic (exact) mass is 198 g/mol. The zero-order valence-corrected chi connectivity index (χ0v) is 7.96. The maximum atomic E-state index is 5.14. The highest BCUT2D eigenvalue weighted by Gasteiger charge is 2.05. The number of H-pyrrole nitrogens is 1. The molecule has 0 unspecified atom stereocenters. The Morgan fingerprint density at radius 1 is 1.58 bits per heavy atom. The van der Waals surface area contributed by atoms with E-state index in [0.29, 0.717) is 10.7 Å². The summed E-state index contributed by atoms with van der Waals surface area (Å²) < 4.78 is 5.14. The molecule has 2 aromatic rings. The summed E-state index contributed by atoms with van der Waals surface area (Å²) in [6, 6.07) is 3.99. The molecule has 3 nitrogen and oxygen atoms in total. The maximum absolute atomic E-state index is 5.14. The summed E-state index contributed by atoms with van der Waals surface area (Å²) in [7, 11) is 0. The van der Waals surface area contributed by atoms with Gasteiger partial charge in [0.25, 0.3) is 10.7 Å². The normalized spacial score (nSPS) is 10.4. The van der Waals surface area contributed by atoms with E-state index in [0.717, 1.165) is 4.88 Å². The topological polar surface area (TPSA) is 41.8 Å². The molecule has 0 radical (unpaired) electrons. The van der Waals surface area contributed by atoms with Crippen LogP contribution in [0.15, 0.2) is 16.5 Å². The van der Waals surface area contributed by atoms with Gasteiger partial charge in [0, 0.05) is 4.88 Å². The van der Waals surface area contributed by atoms with E-state index in [9.17, 15) is 0 Å². The molecule has 0 fully saturated rings. The van der Waals surface area contributed by atoms with E-state index in [1.807, 2.05) is 19.1 Å². The highest BCUT2D eigenvalue weighted by molar-refractivity contribution is 7.71. The lowest BCUT2D eigenvalue weighted by Crippen LogP contribution is -1.69. The Hall–Kier alpha value is -0.940. The fraction of sp³-hybridized carbons (Fsp3) is 0.143. The molecule has 62 valence electrons. The van der Waals surface area contributed by atoms with Crippen molar-refractivity contribution in [3.05, 3.63) is 21.8 Å². The Kier molecular flexibility index (Phi) is 1.82. The molecule has 0 saturated heterocycles. The molecule has 0 aliphatic carbocycles. The minimum atomic E-state index is 0.316. The zero-order valence-electron chi connectivity index (χ0n) is 6.33. The van der Waals surface area contributed by atoms with Crippen molar-refractivity contribution in [2.45, 2.75) is 6.92 Å². The SMILES string of the molecule is Cc1ccc(-c2n[nH]c(=S)o2)s1. The van der Waals surface area contributed by atoms with E-state index in [1.165, 1.54) is 4.88 Å². The molecule has 0 saturated carbocycles. The second kappa shape index (κ2) is 2.84. The van der Waals surface area contributed by atoms with Gasteiger partial charge in [0.2, 0.25) is 0 Å². The minimum absolute atomic E-state index is 0.316. The highest BCUT2D eigenvalue weighted by Crippen LogP contribution is 2.25. The maximum Gasteiger partial charge on any atom is 0.284 e. The van der Waals surface area contributed by atoms with Crippen molar-refractivity contribution in [2.75, 3.05) is 0 Å². The van der Waals surface area contributed by atoms with Gasteiger partial charge in [-0.2, -0.15) is 0 Å². The van der Waals surface area contributed by atoms with Gasteiger partial charge in [-0.3, -0.25) is 0 Å². The quantitative estimate of drug-likeness (QED) is 0.716. The number of thiophene rings is 1. The Morgan fingerprint density at radius 3 is 2.92 bits per heavy atom. The third kappa shape index (κ3) is 1.33. The molecule has 5 heteroatoms. The molecule has 0 spiro atoms. The van der Waals surface area contributed by atoms with E-state index in [4.69, 9.17) is 16.6 Å². The van der Waals surface area contributed by atoms with Gasteiger partial charge in [-0.1, -0.05) is 0 Å². The van der Waals surface area contributed by atoms with E-state index < -0.39 is 0 Å². The van der Waals surface area contributed by atoms with Crippen LogP contribution in [0.4, 0.5) is 0 Å². The Balaban J connectivity index is 2.50. The largest absolute Gasteiger partial charge is 0.408 e. The van der Waals surface area contributed by atoms with Crippen LogP contribution in [0.3, 0.4) is 0 Å². The molecule has 2 aromatic heterocycles. The fourth-order valence-corrected chi connectivity index (χ4v) is 1.80. The summed E-state index contributed by atoms with van der Waals surface area (Å²) in [6.45, 7) is 2.04. The summed E-state index contributed by atoms with van der Waals surface area (Å²) in [4.78, 5) is 2.55. The van der Waals surface area contributed by atoms with E-state index >= 15 is 0 Å². The molecule has 1 N–H and O–H groups in total. The lowest BCUT2D eigenvalue weighted by molar-refractivity contribution is 0.553. The van der Waals surface area contributed by atoms with Crippen LogP contribution < -0.4 is 0 Å². The molecular weight excluding hydrogens is 192 g/mol. The molecule has 2 heterocycles. The predicted molar refractivity (Wildman–Crippen MR) is 49.7 cm³/mol. The summed E-state index contributed by atoms with van der Waals surface area (Å²) in [6.07, 6.45) is 0. The number of hydrogen-bond acceptors (Lipinski definition) is 4. The summed E-state index contributed by atoms with van der Waals surface area (Å²) >= 11 is 6.39. The van der Waals surface area contributed by atoms with Gasteiger partial charge in [-0.15, -0.1) is 16.4 Å². The third-order valence-corrected chi connectivity index (χ3v) is 2.55. The van der Waals surface area contributed by atoms with E-state index in [1.54, 1.807) is 11.3 Å². The minimum Gasteiger partial charge on any atom is -0.408 e. The van der Waals surface area contributed by atoms with Crippen molar-refractivity contribution in [2.24, 2.45) is 0 Å². The summed E-state index contributed by atoms with van der Waals surface area (Å²) in [5.74, 6) is 0.568. The van der Waals surface area contributed by atoms with Gasteiger partial charge in [-0.05, 0) is 31.3 Å². The lowest BCUT2D eigenvalue weighted by atomic mass is 10.4. The number of hydrogen-bond donors (Lipinski definition) is 1. The van der Waals surface area contributed by atoms with Crippen LogP contribution in [-0.4, -0.2) is 10.2 Å². The van der Waals surface area contributed by atoms with Gasteiger partial charge in [-0.25, -0.2) is 5.10 Å². The molecule has 0 atom stereocenters. The Bertz CT molecular complexity index is 440. The van der Waals surface area contributed by atoms with Crippen LogP contribution in [0, 0.1) is 11.8 Å². The molecule has 0 aromatic carbocycles. The van der Waals surface area contributed by atoms with Gasteiger partial charge < -0.3 is 4.42 Å². The van der Waals surface area contributed by atoms with Crippen LogP contribution >= 0.6 is 23.6 Å². The molecule has 0 amide bonds. The van der Waals surface area contributed by atoms with Crippen molar-refractivity contribution in [1.29, 1.82) is 0 Å². The third-order valence-electron chi connectivity index (χ3n) is 1.39. The van der Waals surface area contributed by atoms with Gasteiger partial charge in [0.15, 0.2) is 0 Å². The van der Waals surface area contributed by atoms with E-state index in [2.05, 4.69) is 10.2 Å². The van der Waals surface area contributed by atoms with Crippen LogP contribution in [0.1, 0.15) is 4.88 Å². The van der Waals surface area contributed by atoms with Crippen LogP contribution in [0.2, 0.25) is 0 Å². The number of nitrogens with one attached hydrogen (secondary N) is 1. The van der Waals surface area contributed by atoms with Crippen molar-refractivity contribution >= 4 is 23.6 Å². The van der Waals surface area contributed by atoms with Gasteiger partial charge in [0.05, 0.1) is 4.88 Å². The Morgan fingerprint density at radius 2 is 2.42 bits per heavy atom. The highest BCUT2D eigenvalue weighted by atomic mass is 32.1. The first-order valence-corrected chi connectivity index (χ1v) is 4.60. The van der Waals surface area contributed by atoms with Crippen molar-refractivity contribution in [3.8, 4) is 10.8 Å². The number of aromatic amines is 1. The van der Waals surface area contributed by atoms with Crippen molar-refractivity contribution < 1.29 is 4.42 Å². The second-order valence-electron chi connectivity index (χ2n) is 2.33. The summed E-state index contributed by atoms with van der Waals surface area (Å²) in [5, 5.41) is 6.50. The van der Waals surface area contributed by atoms with Crippen molar-refractivity contribution in [1.82, 2.24) is 10.2 Å². The molecule has 2 rings (SSSR count). The molecule has 0 bridgehead atoms. The summed E-state index contributed by atoms with van der Waals surface area (Å²) in [5.41, 5.74) is 0. The fourth-order valence-electron chi connectivity index (χ4n) is 0.885. The average molecular weight is 198 g/mol. The molecule has 12 heavy (non-hydrogen) atoms. The molecular formula is C7H6N2OS2. The van der Waals surface area contributed by atoms with Crippen LogP contribution in [0.25, 0.3) is 10.8 Å². The van der Waals surface area contributed by atoms with Crippen LogP contribution in [-0.2, 0) is 0 Å². The average Bonchev–Trinajstić information content (AvgIpc) is 2.58. The second-order valence-corrected chi connectivity index (χ2v) is 3.99. The molecule has 0 aliphatic rings. The van der Waals surface area contributed by atoms with E-state index in [-0.39, 0.29) is 0 Å². The number of aryl methyl sites for hydroxylation is 1. The molecule has 0 aliphatic heterocycles. The van der Waals surface area contributed by atoms with Crippen LogP contribution in [0.5, 0.6) is 0 Å². The standard InChI is InChI=1S/C7H6N2OS2/c1-4-2-3-5(12-4)6-8-9-7(11)10-6/h2-3H,1H3,(H,9,11). The first-order chi connectivity index (χ1) is 5.75. The first-order valence-electron chi connectivity index (χ1n) is 3.38. The Labute approximate surface area is 78.1 Å². The smallest absolute Gasteiger partial charge is 0.284 e. The van der Waals surface area contributed by atoms with Gasteiger partial charge >= 0.3 is 0 Å². The van der Waals surface area contributed by atoms with Gasteiger partial charge in [0.1, 0.15) is 0 Å². The first kappa shape index (κ1) is 7.70. The predicted octanol–water partition coefficient (Wildman–Crippen LogP) is 2.77. The zero-order chi connectivity index (χ0) is 8.55. The number of aromatic nitrogens is 2. The van der Waals surface area contributed by atoms with Crippen molar-refractivity contribution in [3.63, 3.8) is 0 Å². The lowest BCUT2D eigenvalue weighted by Gasteiger charge is -1.82. The number of nitrogens with zero attached hydrogens (tertiary/aromatic N) is 1. The number of rotatable bonds is 1.